The van der Waals surface area contributed by atoms with Crippen LogP contribution < -0.4 is 0 Å². The summed E-state index contributed by atoms with van der Waals surface area (Å²) in [7, 11) is -2.49. The van der Waals surface area contributed by atoms with Crippen molar-refractivity contribution in [1.82, 2.24) is 4.90 Å². The number of aryl methyl sites for hydroxylation is 1. The lowest BCUT2D eigenvalue weighted by Gasteiger charge is -2.27. The van der Waals surface area contributed by atoms with Crippen LogP contribution in [-0.2, 0) is 34.8 Å². The zero-order valence-electron chi connectivity index (χ0n) is 23.5. The number of likely N-dealkylation sites (tertiary alicyclic amines) is 1. The molecule has 3 rings (SSSR count). The minimum Gasteiger partial charge on any atom is -0.480 e. The van der Waals surface area contributed by atoms with Gasteiger partial charge in [0.05, 0.1) is 25.3 Å². The summed E-state index contributed by atoms with van der Waals surface area (Å²) in [6, 6.07) is 9.19. The van der Waals surface area contributed by atoms with Gasteiger partial charge in [0.1, 0.15) is 19.7 Å². The summed E-state index contributed by atoms with van der Waals surface area (Å²) in [6.07, 6.45) is 8.65. The molecule has 0 radical (unpaired) electrons. The number of carbonyl (C=O) groups excluding carboxylic acids is 2. The van der Waals surface area contributed by atoms with Gasteiger partial charge in [-0.15, -0.1) is 0 Å². The summed E-state index contributed by atoms with van der Waals surface area (Å²) in [4.78, 5) is 38.4. The summed E-state index contributed by atoms with van der Waals surface area (Å²) in [5.74, 6) is -1.70. The fraction of sp³-hybridized carbons (Fsp3) is 0.700. The lowest BCUT2D eigenvalue weighted by atomic mass is 9.79. The molecule has 8 nitrogen and oxygen atoms in total. The number of esters is 1. The predicted octanol–water partition coefficient (Wildman–Crippen LogP) is 5.38. The van der Waals surface area contributed by atoms with Crippen LogP contribution in [0.2, 0.25) is 0 Å². The van der Waals surface area contributed by atoms with Crippen LogP contribution in [0.25, 0.3) is 0 Å². The minimum atomic E-state index is -2.49. The van der Waals surface area contributed by atoms with E-state index in [-0.39, 0.29) is 43.1 Å². The van der Waals surface area contributed by atoms with E-state index in [1.54, 1.807) is 13.8 Å². The van der Waals surface area contributed by atoms with Crippen LogP contribution in [0.5, 0.6) is 0 Å². The maximum absolute atomic E-state index is 13.5. The van der Waals surface area contributed by atoms with Gasteiger partial charge in [-0.1, -0.05) is 76.3 Å². The molecule has 0 bridgehead atoms. The molecule has 1 aromatic carbocycles. The molecule has 4 atom stereocenters. The van der Waals surface area contributed by atoms with Crippen LogP contribution in [-0.4, -0.2) is 65.7 Å². The number of ether oxygens (including phenoxy) is 2. The predicted molar refractivity (Wildman–Crippen MR) is 151 cm³/mol. The Balaban J connectivity index is 1.56. The summed E-state index contributed by atoms with van der Waals surface area (Å²) >= 11 is 0. The monoisotopic (exact) mass is 563 g/mol. The van der Waals surface area contributed by atoms with Crippen molar-refractivity contribution in [2.24, 2.45) is 17.8 Å². The fourth-order valence-electron chi connectivity index (χ4n) is 5.79. The molecular weight excluding hydrogens is 517 g/mol. The quantitative estimate of drug-likeness (QED) is 0.173. The van der Waals surface area contributed by atoms with Gasteiger partial charge in [-0.25, -0.2) is 4.79 Å². The van der Waals surface area contributed by atoms with Gasteiger partial charge in [0.15, 0.2) is 0 Å². The van der Waals surface area contributed by atoms with E-state index in [2.05, 4.69) is 0 Å². The van der Waals surface area contributed by atoms with E-state index in [9.17, 15) is 24.1 Å². The molecule has 2 aliphatic rings. The van der Waals surface area contributed by atoms with E-state index in [1.165, 1.54) is 29.7 Å². The molecule has 1 aliphatic heterocycles. The maximum atomic E-state index is 13.5. The molecule has 1 saturated carbocycles. The van der Waals surface area contributed by atoms with Gasteiger partial charge in [0, 0.05) is 13.0 Å². The maximum Gasteiger partial charge on any atom is 0.326 e. The van der Waals surface area contributed by atoms with Gasteiger partial charge in [-0.05, 0) is 43.1 Å². The van der Waals surface area contributed by atoms with Crippen LogP contribution in [0.3, 0.4) is 0 Å². The van der Waals surface area contributed by atoms with Crippen molar-refractivity contribution in [1.29, 1.82) is 0 Å². The van der Waals surface area contributed by atoms with Crippen molar-refractivity contribution >= 4 is 25.6 Å². The van der Waals surface area contributed by atoms with Crippen LogP contribution in [0.15, 0.2) is 30.3 Å². The van der Waals surface area contributed by atoms with E-state index >= 15 is 0 Å². The Morgan fingerprint density at radius 1 is 1.03 bits per heavy atom. The number of aliphatic carboxylic acids is 1. The Labute approximate surface area is 233 Å². The van der Waals surface area contributed by atoms with Crippen LogP contribution in [0.1, 0.15) is 77.2 Å². The number of carboxylic acids is 1. The summed E-state index contributed by atoms with van der Waals surface area (Å²) in [5, 5.41) is 9.83. The molecule has 1 unspecified atom stereocenters. The molecule has 39 heavy (non-hydrogen) atoms. The molecule has 9 heteroatoms. The fourth-order valence-corrected chi connectivity index (χ4v) is 7.35. The number of benzene rings is 1. The van der Waals surface area contributed by atoms with Crippen molar-refractivity contribution in [3.05, 3.63) is 35.9 Å². The summed E-state index contributed by atoms with van der Waals surface area (Å²) in [6.45, 7) is 4.49. The number of rotatable bonds is 15. The molecule has 1 saturated heterocycles. The van der Waals surface area contributed by atoms with Gasteiger partial charge in [0.2, 0.25) is 5.91 Å². The second-order valence-corrected chi connectivity index (χ2v) is 13.3. The highest BCUT2D eigenvalue weighted by atomic mass is 31.1. The zero-order valence-corrected chi connectivity index (χ0v) is 24.5. The Hall–Kier alpha value is -2.18. The highest BCUT2D eigenvalue weighted by Crippen LogP contribution is 2.39. The summed E-state index contributed by atoms with van der Waals surface area (Å²) < 4.78 is 24.7. The first-order chi connectivity index (χ1) is 18.8. The van der Waals surface area contributed by atoms with Gasteiger partial charge < -0.3 is 24.0 Å². The SMILES string of the molecule is CC(C)C(=O)OCCCO[C@H](CCCc1ccccc1)[PH](=O)CC(=O)N1C[C@@H](C2CCCCC2)C[C@@H]1C(=O)O. The highest BCUT2D eigenvalue weighted by Gasteiger charge is 2.43. The molecule has 1 aromatic rings. The largest absolute Gasteiger partial charge is 0.480 e. The Bertz CT molecular complexity index is 948. The first-order valence-corrected chi connectivity index (χ1v) is 16.3. The number of hydrogen-bond acceptors (Lipinski definition) is 6. The Morgan fingerprint density at radius 2 is 1.74 bits per heavy atom. The molecular formula is C30H46NO7P. The molecule has 218 valence electrons. The standard InChI is InChI=1S/C30H46NO7P/c1-22(2)30(35)38-18-10-17-37-28(16-9-13-23-11-5-3-6-12-23)39(36)21-27(32)31-20-25(19-26(31)29(33)34)24-14-7-4-8-15-24/h3,5-6,11-12,22,24-26,28,39H,4,7-10,13-21H2,1-2H3,(H,33,34)/t25-,26+,28-/m0/s1. The third-order valence-corrected chi connectivity index (χ3v) is 9.86. The third-order valence-electron chi connectivity index (χ3n) is 8.04. The first kappa shape index (κ1) is 31.3. The normalized spacial score (nSPS) is 21.6. The minimum absolute atomic E-state index is 0.176. The topological polar surface area (TPSA) is 110 Å². The van der Waals surface area contributed by atoms with Gasteiger partial charge in [0.25, 0.3) is 0 Å². The van der Waals surface area contributed by atoms with E-state index in [0.717, 1.165) is 25.7 Å². The van der Waals surface area contributed by atoms with E-state index in [0.29, 0.717) is 31.7 Å². The van der Waals surface area contributed by atoms with Gasteiger partial charge in [-0.2, -0.15) is 0 Å². The number of amides is 1. The van der Waals surface area contributed by atoms with E-state index < -0.39 is 25.7 Å². The van der Waals surface area contributed by atoms with Crippen molar-refractivity contribution < 1.29 is 33.5 Å². The first-order valence-electron chi connectivity index (χ1n) is 14.6. The summed E-state index contributed by atoms with van der Waals surface area (Å²) in [5.41, 5.74) is 1.18. The third kappa shape index (κ3) is 10.1. The molecule has 0 aromatic heterocycles. The number of hydrogen-bond donors (Lipinski definition) is 1. The molecule has 1 amide bonds. The highest BCUT2D eigenvalue weighted by molar-refractivity contribution is 7.46. The second-order valence-electron chi connectivity index (χ2n) is 11.4. The lowest BCUT2D eigenvalue weighted by molar-refractivity contribution is -0.147. The molecule has 2 fully saturated rings. The van der Waals surface area contributed by atoms with Crippen molar-refractivity contribution in [3.63, 3.8) is 0 Å². The molecule has 0 spiro atoms. The number of nitrogens with zero attached hydrogens (tertiary/aromatic N) is 1. The molecule has 1 heterocycles. The van der Waals surface area contributed by atoms with Crippen molar-refractivity contribution in [3.8, 4) is 0 Å². The van der Waals surface area contributed by atoms with Crippen molar-refractivity contribution in [2.75, 3.05) is 25.9 Å². The van der Waals surface area contributed by atoms with E-state index in [1.807, 2.05) is 30.3 Å². The Kier molecular flexibility index (Phi) is 13.0. The van der Waals surface area contributed by atoms with Crippen LogP contribution in [0.4, 0.5) is 0 Å². The smallest absolute Gasteiger partial charge is 0.326 e. The average Bonchev–Trinajstić information content (AvgIpc) is 3.39. The zero-order chi connectivity index (χ0) is 28.2. The lowest BCUT2D eigenvalue weighted by Crippen LogP contribution is -2.41. The average molecular weight is 564 g/mol. The van der Waals surface area contributed by atoms with Gasteiger partial charge >= 0.3 is 11.9 Å². The van der Waals surface area contributed by atoms with E-state index in [4.69, 9.17) is 9.47 Å². The van der Waals surface area contributed by atoms with Crippen LogP contribution >= 0.6 is 7.80 Å². The number of carboxylic acid groups (broad SMARTS) is 1. The molecule has 1 aliphatic carbocycles. The van der Waals surface area contributed by atoms with Crippen LogP contribution in [0, 0.1) is 17.8 Å². The molecule has 1 N–H and O–H groups in total. The van der Waals surface area contributed by atoms with Gasteiger partial charge in [-0.3, -0.25) is 9.59 Å². The second kappa shape index (κ2) is 16.2. The van der Waals surface area contributed by atoms with Crippen molar-refractivity contribution in [2.45, 2.75) is 89.9 Å². The number of carbonyl (C=O) groups is 3. The Morgan fingerprint density at radius 3 is 2.41 bits per heavy atom.